The van der Waals surface area contributed by atoms with Crippen molar-refractivity contribution in [1.29, 1.82) is 0 Å². The Morgan fingerprint density at radius 2 is 1.69 bits per heavy atom. The molecule has 4 atom stereocenters. The van der Waals surface area contributed by atoms with Crippen molar-refractivity contribution < 1.29 is 24.1 Å². The number of hydrogen-bond donors (Lipinski definition) is 2. The maximum absolute atomic E-state index is 11.8. The van der Waals surface area contributed by atoms with Gasteiger partial charge in [-0.1, -0.05) is 110 Å². The first-order valence-corrected chi connectivity index (χ1v) is 15.4. The van der Waals surface area contributed by atoms with Crippen LogP contribution in [0.25, 0.3) is 11.1 Å². The van der Waals surface area contributed by atoms with Crippen LogP contribution in [-0.4, -0.2) is 42.4 Å². The Labute approximate surface area is 266 Å². The SMILES string of the molecule is C=CCOC(=O)NCc1cccc(-c2ccc([C@@H]3O[C@H](CN(C)[C@@H](C)c4ccccc4)C[C@H](c4ccc(CO)cc4)O3)cc2)c1. The molecule has 5 rings (SSSR count). The summed E-state index contributed by atoms with van der Waals surface area (Å²) < 4.78 is 18.2. The van der Waals surface area contributed by atoms with Crippen LogP contribution in [0.3, 0.4) is 0 Å². The Morgan fingerprint density at radius 3 is 2.40 bits per heavy atom. The third-order valence-corrected chi connectivity index (χ3v) is 8.26. The number of ether oxygens (including phenoxy) is 3. The van der Waals surface area contributed by atoms with E-state index in [4.69, 9.17) is 14.2 Å². The van der Waals surface area contributed by atoms with Crippen molar-refractivity contribution in [2.45, 2.75) is 51.0 Å². The number of benzene rings is 4. The van der Waals surface area contributed by atoms with Crippen molar-refractivity contribution >= 4 is 6.09 Å². The van der Waals surface area contributed by atoms with Crippen LogP contribution < -0.4 is 5.32 Å². The van der Waals surface area contributed by atoms with E-state index in [0.717, 1.165) is 46.3 Å². The molecule has 234 valence electrons. The second-order valence-corrected chi connectivity index (χ2v) is 11.4. The van der Waals surface area contributed by atoms with Crippen LogP contribution in [0.5, 0.6) is 0 Å². The third kappa shape index (κ3) is 8.68. The Kier molecular flexibility index (Phi) is 11.2. The van der Waals surface area contributed by atoms with Crippen LogP contribution >= 0.6 is 0 Å². The summed E-state index contributed by atoms with van der Waals surface area (Å²) in [6, 6.07) is 35.0. The molecular weight excluding hydrogens is 564 g/mol. The molecular formula is C38H42N2O5. The second-order valence-electron chi connectivity index (χ2n) is 11.4. The van der Waals surface area contributed by atoms with Gasteiger partial charge in [0.15, 0.2) is 6.29 Å². The molecule has 2 N–H and O–H groups in total. The molecule has 0 spiro atoms. The number of nitrogens with one attached hydrogen (secondary N) is 1. The molecule has 7 nitrogen and oxygen atoms in total. The van der Waals surface area contributed by atoms with Crippen molar-refractivity contribution in [3.05, 3.63) is 144 Å². The summed E-state index contributed by atoms with van der Waals surface area (Å²) in [6.07, 6.45) is 1.05. The summed E-state index contributed by atoms with van der Waals surface area (Å²) in [4.78, 5) is 14.2. The van der Waals surface area contributed by atoms with Gasteiger partial charge in [-0.25, -0.2) is 4.79 Å². The Morgan fingerprint density at radius 1 is 0.956 bits per heavy atom. The first-order chi connectivity index (χ1) is 21.9. The standard InChI is InChI=1S/C38H42N2O5/c1-4-21-43-38(42)39-24-29-9-8-12-34(22-29)31-17-19-33(20-18-31)37-44-35(25-40(3)27(2)30-10-6-5-7-11-30)23-36(45-37)32-15-13-28(26-41)14-16-32/h4-20,22,27,35-37,41H,1,21,23-26H2,2-3H3,(H,39,42)/t27-,35-,36+,37+/m0/s1. The summed E-state index contributed by atoms with van der Waals surface area (Å²) in [5.41, 5.74) is 7.22. The van der Waals surface area contributed by atoms with Crippen LogP contribution in [-0.2, 0) is 27.4 Å². The molecule has 0 aromatic heterocycles. The van der Waals surface area contributed by atoms with Gasteiger partial charge in [0.1, 0.15) is 6.61 Å². The maximum atomic E-state index is 11.8. The van der Waals surface area contributed by atoms with Crippen LogP contribution in [0.1, 0.15) is 59.6 Å². The van der Waals surface area contributed by atoms with E-state index in [-0.39, 0.29) is 31.5 Å². The van der Waals surface area contributed by atoms with E-state index < -0.39 is 12.4 Å². The first kappa shape index (κ1) is 32.1. The number of likely N-dealkylation sites (N-methyl/N-ethyl adjacent to an activating group) is 1. The fourth-order valence-corrected chi connectivity index (χ4v) is 5.55. The van der Waals surface area contributed by atoms with Gasteiger partial charge in [-0.15, -0.1) is 0 Å². The van der Waals surface area contributed by atoms with Gasteiger partial charge < -0.3 is 24.6 Å². The fraction of sp³-hybridized carbons (Fsp3) is 0.289. The Hall–Kier alpha value is -4.27. The smallest absolute Gasteiger partial charge is 0.407 e. The molecule has 1 saturated heterocycles. The summed E-state index contributed by atoms with van der Waals surface area (Å²) >= 11 is 0. The molecule has 0 aliphatic carbocycles. The van der Waals surface area contributed by atoms with Crippen LogP contribution in [0.2, 0.25) is 0 Å². The molecule has 0 unspecified atom stereocenters. The van der Waals surface area contributed by atoms with E-state index in [2.05, 4.69) is 85.4 Å². The molecule has 7 heteroatoms. The number of aliphatic hydroxyl groups excluding tert-OH is 1. The van der Waals surface area contributed by atoms with E-state index in [9.17, 15) is 9.90 Å². The summed E-state index contributed by atoms with van der Waals surface area (Å²) in [5.74, 6) is 0. The van der Waals surface area contributed by atoms with Crippen LogP contribution in [0.15, 0.2) is 116 Å². The molecule has 0 bridgehead atoms. The normalized spacial score (nSPS) is 18.7. The molecule has 1 fully saturated rings. The van der Waals surface area contributed by atoms with E-state index in [1.807, 2.05) is 48.5 Å². The van der Waals surface area contributed by atoms with Gasteiger partial charge in [-0.3, -0.25) is 4.90 Å². The number of aliphatic hydroxyl groups is 1. The molecule has 45 heavy (non-hydrogen) atoms. The number of nitrogens with zero attached hydrogens (tertiary/aromatic N) is 1. The highest BCUT2D eigenvalue weighted by molar-refractivity contribution is 5.68. The minimum atomic E-state index is -0.530. The zero-order valence-corrected chi connectivity index (χ0v) is 26.0. The van der Waals surface area contributed by atoms with Gasteiger partial charge in [-0.05, 0) is 53.4 Å². The molecule has 4 aromatic carbocycles. The van der Waals surface area contributed by atoms with Gasteiger partial charge >= 0.3 is 6.09 Å². The third-order valence-electron chi connectivity index (χ3n) is 8.26. The number of hydrogen-bond acceptors (Lipinski definition) is 6. The summed E-state index contributed by atoms with van der Waals surface area (Å²) in [7, 11) is 2.14. The summed E-state index contributed by atoms with van der Waals surface area (Å²) in [6.45, 7) is 7.08. The van der Waals surface area contributed by atoms with Crippen molar-refractivity contribution in [3.63, 3.8) is 0 Å². The van der Waals surface area contributed by atoms with E-state index in [1.165, 1.54) is 11.6 Å². The quantitative estimate of drug-likeness (QED) is 0.163. The van der Waals surface area contributed by atoms with Gasteiger partial charge in [-0.2, -0.15) is 0 Å². The van der Waals surface area contributed by atoms with Gasteiger partial charge in [0.2, 0.25) is 0 Å². The van der Waals surface area contributed by atoms with E-state index >= 15 is 0 Å². The van der Waals surface area contributed by atoms with Gasteiger partial charge in [0.25, 0.3) is 0 Å². The molecule has 0 saturated carbocycles. The van der Waals surface area contributed by atoms with Crippen LogP contribution in [0.4, 0.5) is 4.79 Å². The maximum Gasteiger partial charge on any atom is 0.407 e. The highest BCUT2D eigenvalue weighted by atomic mass is 16.7. The molecule has 0 radical (unpaired) electrons. The number of amides is 1. The molecule has 1 aliphatic heterocycles. The van der Waals surface area contributed by atoms with Crippen molar-refractivity contribution in [3.8, 4) is 11.1 Å². The summed E-state index contributed by atoms with van der Waals surface area (Å²) in [5, 5.41) is 12.3. The van der Waals surface area contributed by atoms with E-state index in [1.54, 1.807) is 0 Å². The van der Waals surface area contributed by atoms with Gasteiger partial charge in [0.05, 0.1) is 18.8 Å². The monoisotopic (exact) mass is 606 g/mol. The van der Waals surface area contributed by atoms with Crippen molar-refractivity contribution in [2.75, 3.05) is 20.2 Å². The zero-order chi connectivity index (χ0) is 31.6. The second kappa shape index (κ2) is 15.6. The zero-order valence-electron chi connectivity index (χ0n) is 26.0. The number of rotatable bonds is 12. The first-order valence-electron chi connectivity index (χ1n) is 15.4. The molecule has 1 amide bonds. The largest absolute Gasteiger partial charge is 0.445 e. The van der Waals surface area contributed by atoms with Gasteiger partial charge in [0, 0.05) is 31.1 Å². The predicted molar refractivity (Wildman–Crippen MR) is 176 cm³/mol. The Bertz CT molecular complexity index is 1520. The minimum absolute atomic E-state index is 0.0103. The lowest BCUT2D eigenvalue weighted by Crippen LogP contribution is -2.38. The number of carbonyl (C=O) groups is 1. The molecule has 1 heterocycles. The lowest BCUT2D eigenvalue weighted by molar-refractivity contribution is -0.253. The molecule has 1 aliphatic rings. The predicted octanol–water partition coefficient (Wildman–Crippen LogP) is 7.50. The highest BCUT2D eigenvalue weighted by Crippen LogP contribution is 2.39. The lowest BCUT2D eigenvalue weighted by Gasteiger charge is -2.39. The topological polar surface area (TPSA) is 80.3 Å². The average Bonchev–Trinajstić information content (AvgIpc) is 3.10. The van der Waals surface area contributed by atoms with Crippen molar-refractivity contribution in [1.82, 2.24) is 10.2 Å². The van der Waals surface area contributed by atoms with E-state index in [0.29, 0.717) is 6.54 Å². The average molecular weight is 607 g/mol. The van der Waals surface area contributed by atoms with Crippen LogP contribution in [0, 0.1) is 0 Å². The fourth-order valence-electron chi connectivity index (χ4n) is 5.55. The number of carbonyl (C=O) groups excluding carboxylic acids is 1. The highest BCUT2D eigenvalue weighted by Gasteiger charge is 2.33. The molecule has 4 aromatic rings. The Balaban J connectivity index is 1.31. The van der Waals surface area contributed by atoms with Crippen molar-refractivity contribution in [2.24, 2.45) is 0 Å². The minimum Gasteiger partial charge on any atom is -0.445 e. The lowest BCUT2D eigenvalue weighted by atomic mass is 9.98. The number of alkyl carbamates (subject to hydrolysis) is 1.